The second-order valence-electron chi connectivity index (χ2n) is 3.84. The summed E-state index contributed by atoms with van der Waals surface area (Å²) in [6, 6.07) is 0. The fraction of sp³-hybridized carbons (Fsp3) is 0.667. The number of nitrogens with zero attached hydrogens (tertiary/aromatic N) is 5. The van der Waals surface area contributed by atoms with Gasteiger partial charge in [-0.2, -0.15) is 13.2 Å². The van der Waals surface area contributed by atoms with Gasteiger partial charge < -0.3 is 15.2 Å². The minimum absolute atomic E-state index is 0.150. The zero-order valence-electron chi connectivity index (χ0n) is 9.78. The van der Waals surface area contributed by atoms with Gasteiger partial charge in [0.1, 0.15) is 0 Å². The van der Waals surface area contributed by atoms with Crippen LogP contribution in [0.3, 0.4) is 0 Å². The first-order chi connectivity index (χ1) is 8.43. The van der Waals surface area contributed by atoms with Gasteiger partial charge in [-0.15, -0.1) is 10.2 Å². The Morgan fingerprint density at radius 3 is 2.72 bits per heavy atom. The molecule has 1 aromatic rings. The van der Waals surface area contributed by atoms with Crippen LogP contribution in [0.1, 0.15) is 18.6 Å². The summed E-state index contributed by atoms with van der Waals surface area (Å²) in [6.07, 6.45) is -4.48. The molecule has 2 N–H and O–H groups in total. The fourth-order valence-corrected chi connectivity index (χ4v) is 1.82. The van der Waals surface area contributed by atoms with Gasteiger partial charge in [0.15, 0.2) is 11.8 Å². The van der Waals surface area contributed by atoms with E-state index in [9.17, 15) is 13.2 Å². The van der Waals surface area contributed by atoms with Gasteiger partial charge in [-0.25, -0.2) is 0 Å². The summed E-state index contributed by atoms with van der Waals surface area (Å²) in [5.41, 5.74) is 5.70. The van der Waals surface area contributed by atoms with Crippen molar-refractivity contribution in [1.82, 2.24) is 19.7 Å². The first kappa shape index (κ1) is 12.7. The maximum Gasteiger partial charge on any atom is 0.451 e. The Morgan fingerprint density at radius 1 is 1.39 bits per heavy atom. The summed E-state index contributed by atoms with van der Waals surface area (Å²) in [5, 5.41) is 6.75. The van der Waals surface area contributed by atoms with E-state index in [1.54, 1.807) is 4.90 Å². The van der Waals surface area contributed by atoms with Gasteiger partial charge in [0.05, 0.1) is 6.54 Å². The molecule has 0 bridgehead atoms. The second-order valence-corrected chi connectivity index (χ2v) is 3.84. The topological polar surface area (TPSA) is 72.3 Å². The van der Waals surface area contributed by atoms with Gasteiger partial charge in [0.25, 0.3) is 0 Å². The smallest absolute Gasteiger partial charge is 0.370 e. The SMILES string of the molecule is CCN=C(N)N1CCn2c(nnc2C(F)(F)F)C1. The predicted molar refractivity (Wildman–Crippen MR) is 57.6 cm³/mol. The zero-order chi connectivity index (χ0) is 13.3. The molecule has 100 valence electrons. The van der Waals surface area contributed by atoms with Crippen LogP contribution in [0.25, 0.3) is 0 Å². The average Bonchev–Trinajstić information content (AvgIpc) is 2.71. The molecule has 0 spiro atoms. The van der Waals surface area contributed by atoms with Crippen LogP contribution in [0.4, 0.5) is 13.2 Å². The number of guanidine groups is 1. The van der Waals surface area contributed by atoms with E-state index in [0.29, 0.717) is 19.0 Å². The molecule has 6 nitrogen and oxygen atoms in total. The zero-order valence-corrected chi connectivity index (χ0v) is 9.78. The molecular formula is C9H13F3N6. The van der Waals surface area contributed by atoms with Gasteiger partial charge in [0.2, 0.25) is 5.82 Å². The predicted octanol–water partition coefficient (Wildman–Crippen LogP) is 0.447. The Kier molecular flexibility index (Phi) is 3.14. The number of aromatic nitrogens is 3. The number of hydrogen-bond acceptors (Lipinski definition) is 3. The quantitative estimate of drug-likeness (QED) is 0.589. The third kappa shape index (κ3) is 2.24. The molecular weight excluding hydrogens is 249 g/mol. The van der Waals surface area contributed by atoms with Crippen LogP contribution in [-0.4, -0.2) is 38.7 Å². The van der Waals surface area contributed by atoms with Crippen LogP contribution in [0, 0.1) is 0 Å². The van der Waals surface area contributed by atoms with Crippen molar-refractivity contribution in [3.8, 4) is 0 Å². The molecule has 0 saturated carbocycles. The Labute approximate surface area is 101 Å². The lowest BCUT2D eigenvalue weighted by Crippen LogP contribution is -2.43. The summed E-state index contributed by atoms with van der Waals surface area (Å²) >= 11 is 0. The lowest BCUT2D eigenvalue weighted by atomic mass is 10.3. The number of nitrogens with two attached hydrogens (primary N) is 1. The van der Waals surface area contributed by atoms with Crippen molar-refractivity contribution >= 4 is 5.96 Å². The molecule has 9 heteroatoms. The second kappa shape index (κ2) is 4.46. The first-order valence-electron chi connectivity index (χ1n) is 5.47. The highest BCUT2D eigenvalue weighted by Gasteiger charge is 2.39. The van der Waals surface area contributed by atoms with E-state index >= 15 is 0 Å². The van der Waals surface area contributed by atoms with Crippen LogP contribution in [-0.2, 0) is 19.3 Å². The van der Waals surface area contributed by atoms with E-state index in [0.717, 1.165) is 4.57 Å². The van der Waals surface area contributed by atoms with Crippen molar-refractivity contribution < 1.29 is 13.2 Å². The number of alkyl halides is 3. The van der Waals surface area contributed by atoms with E-state index in [2.05, 4.69) is 15.2 Å². The first-order valence-corrected chi connectivity index (χ1v) is 5.47. The summed E-state index contributed by atoms with van der Waals surface area (Å²) < 4.78 is 38.9. The minimum atomic E-state index is -4.48. The van der Waals surface area contributed by atoms with Crippen LogP contribution in [0.2, 0.25) is 0 Å². The van der Waals surface area contributed by atoms with Gasteiger partial charge in [-0.05, 0) is 6.92 Å². The van der Waals surface area contributed by atoms with Crippen molar-refractivity contribution in [1.29, 1.82) is 0 Å². The Balaban J connectivity index is 2.22. The van der Waals surface area contributed by atoms with Crippen molar-refractivity contribution in [2.45, 2.75) is 26.2 Å². The van der Waals surface area contributed by atoms with E-state index in [1.807, 2.05) is 6.92 Å². The number of halogens is 3. The molecule has 0 saturated heterocycles. The highest BCUT2D eigenvalue weighted by Crippen LogP contribution is 2.29. The molecule has 2 rings (SSSR count). The highest BCUT2D eigenvalue weighted by molar-refractivity contribution is 5.78. The third-order valence-electron chi connectivity index (χ3n) is 2.65. The Bertz CT molecular complexity index is 463. The lowest BCUT2D eigenvalue weighted by Gasteiger charge is -2.28. The largest absolute Gasteiger partial charge is 0.451 e. The molecule has 2 heterocycles. The number of rotatable bonds is 1. The molecule has 0 atom stereocenters. The molecule has 1 aliphatic heterocycles. The van der Waals surface area contributed by atoms with Gasteiger partial charge in [0, 0.05) is 19.6 Å². The number of hydrogen-bond donors (Lipinski definition) is 1. The van der Waals surface area contributed by atoms with E-state index in [1.165, 1.54) is 0 Å². The van der Waals surface area contributed by atoms with Crippen LogP contribution >= 0.6 is 0 Å². The van der Waals surface area contributed by atoms with Crippen molar-refractivity contribution in [2.75, 3.05) is 13.1 Å². The lowest BCUT2D eigenvalue weighted by molar-refractivity contribution is -0.147. The summed E-state index contributed by atoms with van der Waals surface area (Å²) in [5.74, 6) is -0.383. The van der Waals surface area contributed by atoms with Crippen LogP contribution < -0.4 is 5.73 Å². The Hall–Kier alpha value is -1.80. The maximum atomic E-state index is 12.6. The highest BCUT2D eigenvalue weighted by atomic mass is 19.4. The van der Waals surface area contributed by atoms with Crippen molar-refractivity contribution in [2.24, 2.45) is 10.7 Å². The monoisotopic (exact) mass is 262 g/mol. The Morgan fingerprint density at radius 2 is 2.11 bits per heavy atom. The molecule has 0 amide bonds. The van der Waals surface area contributed by atoms with E-state index < -0.39 is 12.0 Å². The van der Waals surface area contributed by atoms with Crippen molar-refractivity contribution in [3.63, 3.8) is 0 Å². The van der Waals surface area contributed by atoms with E-state index in [-0.39, 0.29) is 18.9 Å². The molecule has 0 fully saturated rings. The van der Waals surface area contributed by atoms with Gasteiger partial charge in [-0.3, -0.25) is 4.99 Å². The maximum absolute atomic E-state index is 12.6. The molecule has 0 unspecified atom stereocenters. The molecule has 0 radical (unpaired) electrons. The molecule has 1 aliphatic rings. The van der Waals surface area contributed by atoms with E-state index in [4.69, 9.17) is 5.73 Å². The molecule has 0 aliphatic carbocycles. The number of aliphatic imine (C=N–C) groups is 1. The van der Waals surface area contributed by atoms with Gasteiger partial charge >= 0.3 is 6.18 Å². The van der Waals surface area contributed by atoms with Crippen LogP contribution in [0.5, 0.6) is 0 Å². The number of fused-ring (bicyclic) bond motifs is 1. The molecule has 1 aromatic heterocycles. The average molecular weight is 262 g/mol. The minimum Gasteiger partial charge on any atom is -0.370 e. The van der Waals surface area contributed by atoms with Gasteiger partial charge in [-0.1, -0.05) is 0 Å². The summed E-state index contributed by atoms with van der Waals surface area (Å²) in [4.78, 5) is 5.71. The fourth-order valence-electron chi connectivity index (χ4n) is 1.82. The summed E-state index contributed by atoms with van der Waals surface area (Å²) in [6.45, 7) is 3.07. The standard InChI is InChI=1S/C9H13F3N6/c1-2-14-8(13)17-3-4-18-6(5-17)15-16-7(18)9(10,11)12/h2-5H2,1H3,(H2,13,14). The molecule has 0 aromatic carbocycles. The van der Waals surface area contributed by atoms with Crippen LogP contribution in [0.15, 0.2) is 4.99 Å². The summed E-state index contributed by atoms with van der Waals surface area (Å²) in [7, 11) is 0. The van der Waals surface area contributed by atoms with Crippen molar-refractivity contribution in [3.05, 3.63) is 11.6 Å². The third-order valence-corrected chi connectivity index (χ3v) is 2.65. The molecule has 18 heavy (non-hydrogen) atoms. The normalized spacial score (nSPS) is 16.9.